The molecule has 4 nitrogen and oxygen atoms in total. The van der Waals surface area contributed by atoms with Gasteiger partial charge in [-0.25, -0.2) is 0 Å². The van der Waals surface area contributed by atoms with Gasteiger partial charge < -0.3 is 19.7 Å². The van der Waals surface area contributed by atoms with Gasteiger partial charge in [-0.1, -0.05) is 140 Å². The van der Waals surface area contributed by atoms with Crippen molar-refractivity contribution in [2.24, 2.45) is 0 Å². The molecule has 14 bridgehead atoms. The standard InChI is InChI=1S/C40H36O4S4/c1-39(41)36-10-4-6-28-14-25(12-13-34(28)36)21-45-46-22-26-15-30-16-27-18-31(19-43-39)38(30)32(17-26)20-44-40(2,42)37-11-5-8-33-29(24-48-47-23-27)7-3-9-35(33)37/h3-18,41-42H,19-24H2,1-2H3. The number of benzene rings is 6. The van der Waals surface area contributed by atoms with Crippen LogP contribution in [0.1, 0.15) is 58.4 Å². The third-order valence-corrected chi connectivity index (χ3v) is 13.9. The summed E-state index contributed by atoms with van der Waals surface area (Å²) in [6, 6.07) is 34.0. The number of hydrogen-bond acceptors (Lipinski definition) is 8. The Hall–Kier alpha value is -2.66. The van der Waals surface area contributed by atoms with Gasteiger partial charge in [0.2, 0.25) is 0 Å². The van der Waals surface area contributed by atoms with Crippen LogP contribution in [0.5, 0.6) is 0 Å². The molecule has 6 aromatic carbocycles. The fourth-order valence-corrected chi connectivity index (χ4v) is 11.2. The van der Waals surface area contributed by atoms with Gasteiger partial charge in [0.1, 0.15) is 0 Å². The number of ether oxygens (including phenoxy) is 2. The maximum atomic E-state index is 11.9. The zero-order valence-corrected chi connectivity index (χ0v) is 30.1. The van der Waals surface area contributed by atoms with E-state index in [1.807, 2.05) is 67.4 Å². The smallest absolute Gasteiger partial charge is 0.190 e. The third kappa shape index (κ3) is 6.38. The summed E-state index contributed by atoms with van der Waals surface area (Å²) < 4.78 is 13.0. The van der Waals surface area contributed by atoms with E-state index in [-0.39, 0.29) is 13.2 Å². The molecule has 2 unspecified atom stereocenters. The van der Waals surface area contributed by atoms with E-state index >= 15 is 0 Å². The first-order valence-corrected chi connectivity index (χ1v) is 21.0. The Kier molecular flexibility index (Phi) is 8.97. The van der Waals surface area contributed by atoms with Crippen LogP contribution in [-0.4, -0.2) is 10.2 Å². The lowest BCUT2D eigenvalue weighted by molar-refractivity contribution is -0.205. The van der Waals surface area contributed by atoms with Crippen molar-refractivity contribution in [3.63, 3.8) is 0 Å². The van der Waals surface area contributed by atoms with Crippen molar-refractivity contribution in [1.82, 2.24) is 0 Å². The first-order chi connectivity index (χ1) is 23.2. The minimum atomic E-state index is -1.52. The van der Waals surface area contributed by atoms with Gasteiger partial charge in [-0.05, 0) is 79.5 Å². The van der Waals surface area contributed by atoms with E-state index < -0.39 is 11.6 Å². The molecule has 2 N–H and O–H groups in total. The third-order valence-electron chi connectivity index (χ3n) is 9.36. The van der Waals surface area contributed by atoms with E-state index in [9.17, 15) is 10.2 Å². The molecule has 0 fully saturated rings. The molecule has 0 saturated carbocycles. The summed E-state index contributed by atoms with van der Waals surface area (Å²) >= 11 is 0. The van der Waals surface area contributed by atoms with Crippen molar-refractivity contribution in [2.45, 2.75) is 61.6 Å². The van der Waals surface area contributed by atoms with E-state index in [0.29, 0.717) is 0 Å². The second-order valence-corrected chi connectivity index (χ2v) is 17.8. The lowest BCUT2D eigenvalue weighted by atomic mass is 9.94. The average molecular weight is 709 g/mol. The van der Waals surface area contributed by atoms with Gasteiger partial charge in [0, 0.05) is 34.1 Å². The maximum absolute atomic E-state index is 11.9. The molecule has 8 heteroatoms. The van der Waals surface area contributed by atoms with Crippen molar-refractivity contribution in [3.05, 3.63) is 142 Å². The highest BCUT2D eigenvalue weighted by atomic mass is 33.1. The molecule has 0 aromatic heterocycles. The fourth-order valence-electron chi connectivity index (χ4n) is 6.99. The molecule has 0 aliphatic carbocycles. The van der Waals surface area contributed by atoms with Gasteiger partial charge in [-0.3, -0.25) is 0 Å². The quantitative estimate of drug-likeness (QED) is 0.151. The van der Waals surface area contributed by atoms with Crippen molar-refractivity contribution in [1.29, 1.82) is 0 Å². The highest BCUT2D eigenvalue weighted by Crippen LogP contribution is 2.40. The number of rotatable bonds is 0. The summed E-state index contributed by atoms with van der Waals surface area (Å²) in [4.78, 5) is 0. The van der Waals surface area contributed by atoms with Crippen LogP contribution < -0.4 is 0 Å². The lowest BCUT2D eigenvalue weighted by Crippen LogP contribution is -2.26. The molecule has 6 heterocycles. The molecule has 2 atom stereocenters. The highest BCUT2D eigenvalue weighted by molar-refractivity contribution is 8.76. The fraction of sp³-hybridized carbons (Fsp3) is 0.250. The monoisotopic (exact) mass is 708 g/mol. The topological polar surface area (TPSA) is 58.9 Å². The van der Waals surface area contributed by atoms with Gasteiger partial charge in [-0.15, -0.1) is 0 Å². The highest BCUT2D eigenvalue weighted by Gasteiger charge is 2.29. The Bertz CT molecular complexity index is 2180. The van der Waals surface area contributed by atoms with Crippen LogP contribution in [0.15, 0.2) is 97.1 Å². The van der Waals surface area contributed by atoms with Crippen molar-refractivity contribution in [2.75, 3.05) is 0 Å². The number of hydrogen-bond donors (Lipinski definition) is 2. The van der Waals surface area contributed by atoms with Gasteiger partial charge in [0.05, 0.1) is 13.2 Å². The van der Waals surface area contributed by atoms with Crippen LogP contribution in [-0.2, 0) is 57.3 Å². The molecule has 6 aliphatic rings. The first-order valence-electron chi connectivity index (χ1n) is 16.1. The average Bonchev–Trinajstić information content (AvgIpc) is 3.08. The SMILES string of the molecule is CC1(O)OCc2cc3cc4cc(cc(c24)COC(C)(O)c2cccc4c(cccc24)CSSC3)CSSCc2ccc3c1cccc3c2. The number of aliphatic hydroxyl groups is 2. The molecule has 0 radical (unpaired) electrons. The summed E-state index contributed by atoms with van der Waals surface area (Å²) in [7, 11) is 7.38. The molecule has 6 aliphatic heterocycles. The van der Waals surface area contributed by atoms with Gasteiger partial charge >= 0.3 is 0 Å². The Morgan fingerprint density at radius 1 is 0.500 bits per heavy atom. The minimum absolute atomic E-state index is 0.209. The summed E-state index contributed by atoms with van der Waals surface area (Å²) in [6.07, 6.45) is 0. The van der Waals surface area contributed by atoms with Crippen LogP contribution in [0.25, 0.3) is 32.3 Å². The summed E-state index contributed by atoms with van der Waals surface area (Å²) in [6.45, 7) is 3.90. The Morgan fingerprint density at radius 2 is 1.04 bits per heavy atom. The molecule has 244 valence electrons. The molecule has 48 heavy (non-hydrogen) atoms. The van der Waals surface area contributed by atoms with E-state index in [0.717, 1.165) is 77.6 Å². The molecule has 0 saturated heterocycles. The normalized spacial score (nSPS) is 22.2. The summed E-state index contributed by atoms with van der Waals surface area (Å²) in [5.41, 5.74) is 8.39. The van der Waals surface area contributed by atoms with Crippen LogP contribution in [0.2, 0.25) is 0 Å². The van der Waals surface area contributed by atoms with Crippen molar-refractivity contribution in [3.8, 4) is 0 Å². The predicted molar refractivity (Wildman–Crippen MR) is 206 cm³/mol. The molecule has 0 spiro atoms. The van der Waals surface area contributed by atoms with Crippen LogP contribution in [0.3, 0.4) is 0 Å². The van der Waals surface area contributed by atoms with Crippen molar-refractivity contribution >= 4 is 75.5 Å². The maximum Gasteiger partial charge on any atom is 0.190 e. The van der Waals surface area contributed by atoms with E-state index in [1.165, 1.54) is 22.3 Å². The van der Waals surface area contributed by atoms with Crippen molar-refractivity contribution < 1.29 is 19.7 Å². The Morgan fingerprint density at radius 3 is 1.73 bits per heavy atom. The van der Waals surface area contributed by atoms with Gasteiger partial charge in [0.25, 0.3) is 0 Å². The van der Waals surface area contributed by atoms with Crippen LogP contribution in [0, 0.1) is 0 Å². The molecule has 12 rings (SSSR count). The molecule has 0 amide bonds. The zero-order chi connectivity index (χ0) is 32.9. The summed E-state index contributed by atoms with van der Waals surface area (Å²) in [5.74, 6) is 0.349. The molecule has 6 aromatic rings. The Balaban J connectivity index is 1.26. The van der Waals surface area contributed by atoms with E-state index in [2.05, 4.69) is 72.8 Å². The first kappa shape index (κ1) is 32.5. The summed E-state index contributed by atoms with van der Waals surface area (Å²) in [5, 5.41) is 30.2. The second kappa shape index (κ2) is 13.2. The number of fused-ring (bicyclic) bond motifs is 5. The predicted octanol–water partition coefficient (Wildman–Crippen LogP) is 10.7. The van der Waals surface area contributed by atoms with E-state index in [1.54, 1.807) is 13.8 Å². The second-order valence-electron chi connectivity index (χ2n) is 12.9. The Labute approximate surface area is 296 Å². The minimum Gasteiger partial charge on any atom is -0.362 e. The lowest BCUT2D eigenvalue weighted by Gasteiger charge is -2.28. The van der Waals surface area contributed by atoms with Gasteiger partial charge in [0.15, 0.2) is 11.6 Å². The van der Waals surface area contributed by atoms with Gasteiger partial charge in [-0.2, -0.15) is 0 Å². The van der Waals surface area contributed by atoms with Crippen LogP contribution >= 0.6 is 43.2 Å². The zero-order valence-electron chi connectivity index (χ0n) is 26.8. The molecular formula is C40H36O4S4. The van der Waals surface area contributed by atoms with Crippen LogP contribution in [0.4, 0.5) is 0 Å². The largest absolute Gasteiger partial charge is 0.362 e. The van der Waals surface area contributed by atoms with E-state index in [4.69, 9.17) is 9.47 Å². The molecular weight excluding hydrogens is 673 g/mol.